The zero-order chi connectivity index (χ0) is 14.0. The van der Waals surface area contributed by atoms with E-state index < -0.39 is 5.82 Å². The third kappa shape index (κ3) is 3.21. The van der Waals surface area contributed by atoms with E-state index in [1.165, 1.54) is 31.4 Å². The smallest absolute Gasteiger partial charge is 0.151 e. The Morgan fingerprint density at radius 2 is 1.89 bits per heavy atom. The number of hydrogen-bond donors (Lipinski definition) is 1. The van der Waals surface area contributed by atoms with Crippen molar-refractivity contribution in [1.29, 1.82) is 0 Å². The number of anilines is 2. The van der Waals surface area contributed by atoms with E-state index in [2.05, 4.69) is 10.3 Å². The van der Waals surface area contributed by atoms with Gasteiger partial charge in [-0.15, -0.1) is 0 Å². The van der Waals surface area contributed by atoms with Crippen LogP contribution in [0.5, 0.6) is 5.75 Å². The average molecular weight is 322 g/mol. The minimum absolute atomic E-state index is 0.120. The number of benzene rings is 1. The van der Waals surface area contributed by atoms with Crippen LogP contribution in [0, 0.1) is 5.82 Å². The van der Waals surface area contributed by atoms with Crippen LogP contribution in [0.25, 0.3) is 0 Å². The number of ether oxygens (including phenoxy) is 1. The molecule has 3 nitrogen and oxygen atoms in total. The van der Waals surface area contributed by atoms with E-state index in [-0.39, 0.29) is 10.2 Å². The van der Waals surface area contributed by atoms with Gasteiger partial charge < -0.3 is 10.1 Å². The van der Waals surface area contributed by atoms with Gasteiger partial charge in [0.2, 0.25) is 0 Å². The van der Waals surface area contributed by atoms with Gasteiger partial charge in [-0.05, 0) is 18.2 Å². The van der Waals surface area contributed by atoms with Crippen molar-refractivity contribution in [2.45, 2.75) is 0 Å². The number of methoxy groups -OCH3 is 1. The monoisotopic (exact) mass is 320 g/mol. The molecule has 1 heterocycles. The minimum Gasteiger partial charge on any atom is -0.494 e. The van der Waals surface area contributed by atoms with Crippen LogP contribution >= 0.6 is 34.8 Å². The Morgan fingerprint density at radius 3 is 2.58 bits per heavy atom. The molecule has 0 unspecified atom stereocenters. The summed E-state index contributed by atoms with van der Waals surface area (Å²) in [6.07, 6.45) is 0. The fourth-order valence-corrected chi connectivity index (χ4v) is 1.97. The van der Waals surface area contributed by atoms with Gasteiger partial charge in [-0.1, -0.05) is 34.8 Å². The van der Waals surface area contributed by atoms with Crippen LogP contribution < -0.4 is 10.1 Å². The summed E-state index contributed by atoms with van der Waals surface area (Å²) in [7, 11) is 1.43. The van der Waals surface area contributed by atoms with E-state index in [1.807, 2.05) is 0 Å². The number of rotatable bonds is 3. The van der Waals surface area contributed by atoms with Gasteiger partial charge in [0.1, 0.15) is 16.7 Å². The molecule has 0 amide bonds. The number of nitrogens with one attached hydrogen (secondary N) is 1. The predicted molar refractivity (Wildman–Crippen MR) is 75.5 cm³/mol. The molecule has 1 aromatic heterocycles. The summed E-state index contributed by atoms with van der Waals surface area (Å²) in [6, 6.07) is 5.51. The van der Waals surface area contributed by atoms with Crippen LogP contribution in [0.3, 0.4) is 0 Å². The molecule has 0 aliphatic rings. The van der Waals surface area contributed by atoms with Gasteiger partial charge in [-0.3, -0.25) is 0 Å². The third-order valence-electron chi connectivity index (χ3n) is 2.30. The Labute approximate surface area is 124 Å². The van der Waals surface area contributed by atoms with Crippen molar-refractivity contribution < 1.29 is 9.13 Å². The average Bonchev–Trinajstić information content (AvgIpc) is 2.37. The number of hydrogen-bond acceptors (Lipinski definition) is 3. The Hall–Kier alpha value is -1.23. The lowest BCUT2D eigenvalue weighted by molar-refractivity contribution is 0.413. The highest BCUT2D eigenvalue weighted by molar-refractivity contribution is 6.43. The molecule has 0 bridgehead atoms. The van der Waals surface area contributed by atoms with Gasteiger partial charge in [0.15, 0.2) is 5.82 Å². The first kappa shape index (κ1) is 14.2. The third-order valence-corrected chi connectivity index (χ3v) is 3.26. The molecule has 2 aromatic rings. The van der Waals surface area contributed by atoms with E-state index in [0.717, 1.165) is 0 Å². The molecule has 0 spiro atoms. The molecule has 1 N–H and O–H groups in total. The Morgan fingerprint density at radius 1 is 1.16 bits per heavy atom. The van der Waals surface area contributed by atoms with Crippen LogP contribution in [0.4, 0.5) is 15.9 Å². The molecule has 100 valence electrons. The standard InChI is InChI=1S/C12H8Cl3FN2O/c1-19-10-4-6(16)2-3-9(10)17-12-8(14)5-7(13)11(15)18-12/h2-5H,1H3,(H,17,18). The zero-order valence-electron chi connectivity index (χ0n) is 9.68. The maximum absolute atomic E-state index is 13.1. The zero-order valence-corrected chi connectivity index (χ0v) is 11.9. The van der Waals surface area contributed by atoms with Crippen molar-refractivity contribution in [2.75, 3.05) is 12.4 Å². The highest BCUT2D eigenvalue weighted by Crippen LogP contribution is 2.33. The predicted octanol–water partition coefficient (Wildman–Crippen LogP) is 4.93. The molecule has 1 aromatic carbocycles. The van der Waals surface area contributed by atoms with Gasteiger partial charge in [-0.2, -0.15) is 0 Å². The number of nitrogens with zero attached hydrogens (tertiary/aromatic N) is 1. The highest BCUT2D eigenvalue weighted by Gasteiger charge is 2.11. The van der Waals surface area contributed by atoms with Gasteiger partial charge >= 0.3 is 0 Å². The molecule has 0 aliphatic heterocycles. The number of aromatic nitrogens is 1. The van der Waals surface area contributed by atoms with E-state index in [0.29, 0.717) is 22.3 Å². The van der Waals surface area contributed by atoms with Crippen LogP contribution in [0.2, 0.25) is 15.2 Å². The molecule has 2 rings (SSSR count). The van der Waals surface area contributed by atoms with Gasteiger partial charge in [-0.25, -0.2) is 9.37 Å². The van der Waals surface area contributed by atoms with Crippen LogP contribution in [0.1, 0.15) is 0 Å². The molecule has 0 saturated heterocycles. The molecule has 0 radical (unpaired) electrons. The van der Waals surface area contributed by atoms with E-state index in [9.17, 15) is 4.39 Å². The van der Waals surface area contributed by atoms with Crippen molar-refractivity contribution in [1.82, 2.24) is 4.98 Å². The summed E-state index contributed by atoms with van der Waals surface area (Å²) in [6.45, 7) is 0. The summed E-state index contributed by atoms with van der Waals surface area (Å²) < 4.78 is 18.1. The topological polar surface area (TPSA) is 34.1 Å². The lowest BCUT2D eigenvalue weighted by atomic mass is 10.3. The fraction of sp³-hybridized carbons (Fsp3) is 0.0833. The molecule has 19 heavy (non-hydrogen) atoms. The number of pyridine rings is 1. The second-order valence-electron chi connectivity index (χ2n) is 3.56. The molecule has 0 saturated carbocycles. The van der Waals surface area contributed by atoms with Gasteiger partial charge in [0.25, 0.3) is 0 Å². The van der Waals surface area contributed by atoms with Crippen LogP contribution in [-0.4, -0.2) is 12.1 Å². The van der Waals surface area contributed by atoms with E-state index >= 15 is 0 Å². The summed E-state index contributed by atoms with van der Waals surface area (Å²) in [4.78, 5) is 4.01. The Bertz CT molecular complexity index is 622. The Kier molecular flexibility index (Phi) is 4.34. The van der Waals surface area contributed by atoms with E-state index in [4.69, 9.17) is 39.5 Å². The second kappa shape index (κ2) is 5.82. The van der Waals surface area contributed by atoms with Crippen LogP contribution in [0.15, 0.2) is 24.3 Å². The molecule has 0 fully saturated rings. The second-order valence-corrected chi connectivity index (χ2v) is 4.73. The quantitative estimate of drug-likeness (QED) is 0.814. The molecule has 0 aliphatic carbocycles. The SMILES string of the molecule is COc1cc(F)ccc1Nc1nc(Cl)c(Cl)cc1Cl. The largest absolute Gasteiger partial charge is 0.494 e. The summed E-state index contributed by atoms with van der Waals surface area (Å²) in [5.74, 6) is 0.223. The fourth-order valence-electron chi connectivity index (χ4n) is 1.43. The lowest BCUT2D eigenvalue weighted by Crippen LogP contribution is -1.98. The lowest BCUT2D eigenvalue weighted by Gasteiger charge is -2.12. The first-order valence-electron chi connectivity index (χ1n) is 5.13. The van der Waals surface area contributed by atoms with Crippen LogP contribution in [-0.2, 0) is 0 Å². The molecular weight excluding hydrogens is 314 g/mol. The number of halogens is 4. The molecule has 0 atom stereocenters. The Balaban J connectivity index is 2.39. The van der Waals surface area contributed by atoms with E-state index in [1.54, 1.807) is 0 Å². The normalized spacial score (nSPS) is 10.4. The van der Waals surface area contributed by atoms with Crippen molar-refractivity contribution in [3.8, 4) is 5.75 Å². The first-order chi connectivity index (χ1) is 9.01. The van der Waals surface area contributed by atoms with Crippen molar-refractivity contribution in [3.05, 3.63) is 45.3 Å². The van der Waals surface area contributed by atoms with Crippen molar-refractivity contribution >= 4 is 46.3 Å². The maximum atomic E-state index is 13.1. The van der Waals surface area contributed by atoms with Crippen molar-refractivity contribution in [3.63, 3.8) is 0 Å². The maximum Gasteiger partial charge on any atom is 0.151 e. The summed E-state index contributed by atoms with van der Waals surface area (Å²) >= 11 is 17.6. The minimum atomic E-state index is -0.407. The van der Waals surface area contributed by atoms with Gasteiger partial charge in [0, 0.05) is 6.07 Å². The summed E-state index contributed by atoms with van der Waals surface area (Å²) in [5.41, 5.74) is 0.511. The highest BCUT2D eigenvalue weighted by atomic mass is 35.5. The first-order valence-corrected chi connectivity index (χ1v) is 6.26. The van der Waals surface area contributed by atoms with Crippen molar-refractivity contribution in [2.24, 2.45) is 0 Å². The molecule has 7 heteroatoms. The van der Waals surface area contributed by atoms with Gasteiger partial charge in [0.05, 0.1) is 22.8 Å². The summed E-state index contributed by atoms with van der Waals surface area (Å²) in [5, 5.41) is 3.57. The molecular formula is C12H8Cl3FN2O.